The van der Waals surface area contributed by atoms with Crippen LogP contribution in [0.25, 0.3) is 0 Å². The molecule has 0 radical (unpaired) electrons. The van der Waals surface area contributed by atoms with Gasteiger partial charge >= 0.3 is 0 Å². The third-order valence-corrected chi connectivity index (χ3v) is 5.50. The van der Waals surface area contributed by atoms with Crippen molar-refractivity contribution < 1.29 is 28.7 Å². The number of carbonyl (C=O) groups is 4. The van der Waals surface area contributed by atoms with E-state index in [-0.39, 0.29) is 19.4 Å². The molecule has 1 fully saturated rings. The number of nitrogens with zero attached hydrogens (tertiary/aromatic N) is 2. The lowest BCUT2D eigenvalue weighted by atomic mass is 10.0. The fourth-order valence-electron chi connectivity index (χ4n) is 3.57. The topological polar surface area (TPSA) is 105 Å². The van der Waals surface area contributed by atoms with Crippen molar-refractivity contribution in [2.75, 3.05) is 18.6 Å². The van der Waals surface area contributed by atoms with Gasteiger partial charge in [0, 0.05) is 6.42 Å². The van der Waals surface area contributed by atoms with Gasteiger partial charge in [-0.1, -0.05) is 32.9 Å². The molecule has 1 heterocycles. The number of amides is 4. The van der Waals surface area contributed by atoms with Crippen LogP contribution >= 0.6 is 0 Å². The molecule has 3 rings (SSSR count). The van der Waals surface area contributed by atoms with E-state index in [0.29, 0.717) is 23.1 Å². The summed E-state index contributed by atoms with van der Waals surface area (Å²) in [5.74, 6) is -0.736. The molecule has 9 heteroatoms. The van der Waals surface area contributed by atoms with Crippen molar-refractivity contribution in [3.05, 3.63) is 54.1 Å². The summed E-state index contributed by atoms with van der Waals surface area (Å²) in [7, 11) is 1.54. The van der Waals surface area contributed by atoms with Crippen LogP contribution in [0.1, 0.15) is 45.1 Å². The Bertz CT molecular complexity index is 1050. The van der Waals surface area contributed by atoms with E-state index in [4.69, 9.17) is 9.47 Å². The molecule has 1 aliphatic heterocycles. The Morgan fingerprint density at radius 2 is 1.68 bits per heavy atom. The van der Waals surface area contributed by atoms with Crippen LogP contribution in [0, 0.1) is 0 Å². The molecular weight excluding hydrogens is 438 g/mol. The molecule has 2 aromatic rings. The molecule has 34 heavy (non-hydrogen) atoms. The number of carbonyl (C=O) groups excluding carboxylic acids is 4. The van der Waals surface area contributed by atoms with Gasteiger partial charge in [0.15, 0.2) is 6.61 Å². The SMILES string of the molecule is CCC(=O)N(NC(=O)COc1ccc(OC)cc1)C1CC(=O)N(c2ccc(C(C)C)cc2)C1=O. The zero-order valence-electron chi connectivity index (χ0n) is 19.7. The van der Waals surface area contributed by atoms with Crippen molar-refractivity contribution in [1.82, 2.24) is 10.4 Å². The number of hydrogen-bond donors (Lipinski definition) is 1. The zero-order valence-corrected chi connectivity index (χ0v) is 19.7. The van der Waals surface area contributed by atoms with E-state index in [0.717, 1.165) is 15.5 Å². The Morgan fingerprint density at radius 3 is 2.24 bits per heavy atom. The molecule has 1 N–H and O–H groups in total. The average Bonchev–Trinajstić information content (AvgIpc) is 3.14. The van der Waals surface area contributed by atoms with Crippen LogP contribution in [0.4, 0.5) is 5.69 Å². The molecule has 0 spiro atoms. The maximum Gasteiger partial charge on any atom is 0.276 e. The maximum atomic E-state index is 13.1. The summed E-state index contributed by atoms with van der Waals surface area (Å²) >= 11 is 0. The van der Waals surface area contributed by atoms with Gasteiger partial charge in [-0.15, -0.1) is 0 Å². The third kappa shape index (κ3) is 5.54. The highest BCUT2D eigenvalue weighted by atomic mass is 16.5. The van der Waals surface area contributed by atoms with Crippen LogP contribution in [-0.4, -0.2) is 48.4 Å². The number of methoxy groups -OCH3 is 1. The number of anilines is 1. The van der Waals surface area contributed by atoms with Crippen LogP contribution in [0.5, 0.6) is 11.5 Å². The van der Waals surface area contributed by atoms with E-state index >= 15 is 0 Å². The number of ether oxygens (including phenoxy) is 2. The molecule has 0 aliphatic carbocycles. The summed E-state index contributed by atoms with van der Waals surface area (Å²) in [6.45, 7) is 5.33. The van der Waals surface area contributed by atoms with Gasteiger partial charge in [-0.3, -0.25) is 24.6 Å². The first-order chi connectivity index (χ1) is 16.2. The van der Waals surface area contributed by atoms with Gasteiger partial charge < -0.3 is 9.47 Å². The van der Waals surface area contributed by atoms with Gasteiger partial charge in [-0.25, -0.2) is 9.91 Å². The van der Waals surface area contributed by atoms with E-state index in [9.17, 15) is 19.2 Å². The Labute approximate surface area is 198 Å². The lowest BCUT2D eigenvalue weighted by Crippen LogP contribution is -2.55. The highest BCUT2D eigenvalue weighted by Crippen LogP contribution is 2.27. The largest absolute Gasteiger partial charge is 0.497 e. The van der Waals surface area contributed by atoms with E-state index in [2.05, 4.69) is 5.43 Å². The summed E-state index contributed by atoms with van der Waals surface area (Å²) in [5.41, 5.74) is 3.95. The Morgan fingerprint density at radius 1 is 1.06 bits per heavy atom. The van der Waals surface area contributed by atoms with E-state index < -0.39 is 29.7 Å². The maximum absolute atomic E-state index is 13.1. The van der Waals surface area contributed by atoms with Crippen molar-refractivity contribution in [2.45, 2.75) is 45.6 Å². The number of benzene rings is 2. The summed E-state index contributed by atoms with van der Waals surface area (Å²) < 4.78 is 10.5. The van der Waals surface area contributed by atoms with Crippen molar-refractivity contribution >= 4 is 29.3 Å². The van der Waals surface area contributed by atoms with Gasteiger partial charge in [0.2, 0.25) is 11.8 Å². The van der Waals surface area contributed by atoms with Crippen LogP contribution in [-0.2, 0) is 19.2 Å². The van der Waals surface area contributed by atoms with Crippen LogP contribution < -0.4 is 19.8 Å². The van der Waals surface area contributed by atoms with Crippen LogP contribution in [0.15, 0.2) is 48.5 Å². The second-order valence-electron chi connectivity index (χ2n) is 8.15. The molecule has 1 unspecified atom stereocenters. The van der Waals surface area contributed by atoms with E-state index in [1.807, 2.05) is 26.0 Å². The molecule has 1 aliphatic rings. The first-order valence-corrected chi connectivity index (χ1v) is 11.1. The smallest absolute Gasteiger partial charge is 0.276 e. The van der Waals surface area contributed by atoms with Gasteiger partial charge in [0.1, 0.15) is 17.5 Å². The predicted octanol–water partition coefficient (Wildman–Crippen LogP) is 2.80. The predicted molar refractivity (Wildman–Crippen MR) is 125 cm³/mol. The molecule has 0 aromatic heterocycles. The second kappa shape index (κ2) is 10.8. The standard InChI is InChI=1S/C25H29N3O6/c1-5-23(30)28(26-22(29)15-34-20-12-10-19(33-4)11-13-20)21-14-24(31)27(25(21)32)18-8-6-17(7-9-18)16(2)3/h6-13,16,21H,5,14-15H2,1-4H3,(H,26,29). The first-order valence-electron chi connectivity index (χ1n) is 11.1. The van der Waals surface area contributed by atoms with Gasteiger partial charge in [-0.2, -0.15) is 0 Å². The van der Waals surface area contributed by atoms with Crippen molar-refractivity contribution in [3.8, 4) is 11.5 Å². The summed E-state index contributed by atoms with van der Waals surface area (Å²) in [6, 6.07) is 12.7. The molecule has 2 aromatic carbocycles. The Hall–Kier alpha value is -3.88. The lowest BCUT2D eigenvalue weighted by Gasteiger charge is -2.27. The lowest BCUT2D eigenvalue weighted by molar-refractivity contribution is -0.148. The summed E-state index contributed by atoms with van der Waals surface area (Å²) in [4.78, 5) is 52.0. The monoisotopic (exact) mass is 467 g/mol. The van der Waals surface area contributed by atoms with E-state index in [1.54, 1.807) is 50.4 Å². The molecule has 1 saturated heterocycles. The van der Waals surface area contributed by atoms with Crippen molar-refractivity contribution in [2.24, 2.45) is 0 Å². The number of hydrazine groups is 1. The van der Waals surface area contributed by atoms with Crippen LogP contribution in [0.3, 0.4) is 0 Å². The summed E-state index contributed by atoms with van der Waals surface area (Å²) in [6.07, 6.45) is -0.184. The number of hydrogen-bond acceptors (Lipinski definition) is 6. The molecule has 1 atom stereocenters. The molecule has 0 bridgehead atoms. The third-order valence-electron chi connectivity index (χ3n) is 5.50. The molecule has 4 amide bonds. The van der Waals surface area contributed by atoms with Gasteiger partial charge in [0.25, 0.3) is 11.8 Å². The fourth-order valence-corrected chi connectivity index (χ4v) is 3.57. The Kier molecular flexibility index (Phi) is 7.88. The minimum Gasteiger partial charge on any atom is -0.497 e. The number of rotatable bonds is 8. The Balaban J connectivity index is 1.70. The van der Waals surface area contributed by atoms with Gasteiger partial charge in [-0.05, 0) is 47.9 Å². The normalized spacial score (nSPS) is 15.4. The molecule has 0 saturated carbocycles. The molecule has 9 nitrogen and oxygen atoms in total. The quantitative estimate of drug-likeness (QED) is 0.473. The molecule has 180 valence electrons. The highest BCUT2D eigenvalue weighted by molar-refractivity contribution is 6.23. The first kappa shape index (κ1) is 24.8. The summed E-state index contributed by atoms with van der Waals surface area (Å²) in [5, 5.41) is 0.947. The molecular formula is C25H29N3O6. The fraction of sp³-hybridized carbons (Fsp3) is 0.360. The number of nitrogens with one attached hydrogen (secondary N) is 1. The van der Waals surface area contributed by atoms with Crippen molar-refractivity contribution in [1.29, 1.82) is 0 Å². The highest BCUT2D eigenvalue weighted by Gasteiger charge is 2.45. The zero-order chi connectivity index (χ0) is 24.8. The van der Waals surface area contributed by atoms with Crippen molar-refractivity contribution in [3.63, 3.8) is 0 Å². The minimum absolute atomic E-state index is 0.0423. The average molecular weight is 468 g/mol. The second-order valence-corrected chi connectivity index (χ2v) is 8.15. The minimum atomic E-state index is -1.13. The van der Waals surface area contributed by atoms with E-state index in [1.165, 1.54) is 0 Å². The van der Waals surface area contributed by atoms with Gasteiger partial charge in [0.05, 0.1) is 19.2 Å². The van der Waals surface area contributed by atoms with Crippen LogP contribution in [0.2, 0.25) is 0 Å². The number of imide groups is 1.